The predicted molar refractivity (Wildman–Crippen MR) is 168 cm³/mol. The summed E-state index contributed by atoms with van der Waals surface area (Å²) in [6.45, 7) is 0.545. The maximum absolute atomic E-state index is 12.7. The first kappa shape index (κ1) is 34.0. The van der Waals surface area contributed by atoms with Crippen molar-refractivity contribution in [1.29, 1.82) is 0 Å². The summed E-state index contributed by atoms with van der Waals surface area (Å²) >= 11 is 18.0. The van der Waals surface area contributed by atoms with Crippen molar-refractivity contribution in [2.45, 2.75) is 52.6 Å². The number of hydrogen-bond donors (Lipinski definition) is 3. The van der Waals surface area contributed by atoms with Crippen LogP contribution in [0.4, 0.5) is 5.95 Å². The molecule has 2 fully saturated rings. The first-order valence-corrected chi connectivity index (χ1v) is 22.9. The minimum Gasteiger partial charge on any atom is -0.449 e. The molecule has 0 bridgehead atoms. The number of ether oxygens (including phenoxy) is 1. The van der Waals surface area contributed by atoms with Crippen LogP contribution < -0.4 is 10.9 Å². The minimum atomic E-state index is -3.72. The van der Waals surface area contributed by atoms with Gasteiger partial charge in [-0.3, -0.25) is 24.5 Å². The largest absolute Gasteiger partial charge is 0.449 e. The van der Waals surface area contributed by atoms with Gasteiger partial charge in [0, 0.05) is 18.1 Å². The number of carbonyl (C=O) groups excluding carboxylic acids is 1. The van der Waals surface area contributed by atoms with E-state index in [-0.39, 0.29) is 55.2 Å². The van der Waals surface area contributed by atoms with Gasteiger partial charge in [0.2, 0.25) is 17.5 Å². The number of anilines is 1. The van der Waals surface area contributed by atoms with Crippen molar-refractivity contribution in [2.24, 2.45) is 5.92 Å². The van der Waals surface area contributed by atoms with Gasteiger partial charge in [0.05, 0.1) is 32.3 Å². The van der Waals surface area contributed by atoms with Gasteiger partial charge in [0.15, 0.2) is 11.2 Å². The fourth-order valence-corrected chi connectivity index (χ4v) is 14.3. The van der Waals surface area contributed by atoms with Crippen LogP contribution in [-0.4, -0.2) is 74.7 Å². The van der Waals surface area contributed by atoms with E-state index in [0.717, 1.165) is 0 Å². The minimum absolute atomic E-state index is 0.0154. The molecular formula is C20H32N5O9P3S4. The van der Waals surface area contributed by atoms with Gasteiger partial charge in [-0.2, -0.15) is 18.6 Å². The number of aromatic nitrogens is 4. The molecule has 4 heterocycles. The quantitative estimate of drug-likeness (QED) is 0.202. The molecule has 41 heavy (non-hydrogen) atoms. The Kier molecular flexibility index (Phi) is 11.6. The van der Waals surface area contributed by atoms with Gasteiger partial charge < -0.3 is 38.3 Å². The molecule has 2 aromatic rings. The van der Waals surface area contributed by atoms with Crippen molar-refractivity contribution in [3.05, 3.63) is 16.7 Å². The average Bonchev–Trinajstić information content (AvgIpc) is 3.62. The number of carbonyl (C=O) groups is 1. The third-order valence-corrected chi connectivity index (χ3v) is 22.1. The summed E-state index contributed by atoms with van der Waals surface area (Å²) in [7, 11) is 0. The molecule has 2 aromatic heterocycles. The third kappa shape index (κ3) is 7.85. The van der Waals surface area contributed by atoms with E-state index in [1.807, 2.05) is 0 Å². The molecule has 1 amide bonds. The van der Waals surface area contributed by atoms with Gasteiger partial charge in [-0.25, -0.2) is 9.88 Å². The highest BCUT2D eigenvalue weighted by atomic mass is 33.1. The van der Waals surface area contributed by atoms with E-state index in [9.17, 15) is 14.5 Å². The van der Waals surface area contributed by atoms with E-state index in [1.54, 1.807) is 32.3 Å². The van der Waals surface area contributed by atoms with Crippen LogP contribution in [-0.2, 0) is 68.5 Å². The van der Waals surface area contributed by atoms with Gasteiger partial charge in [-0.1, -0.05) is 25.2 Å². The van der Waals surface area contributed by atoms with Crippen LogP contribution in [0.3, 0.4) is 0 Å². The number of nitrogens with one attached hydrogen (secondary N) is 2. The standard InChI is InChI=1S/C20H32N5O9P3S4/c1-5-29-36(39,30-6-2)35(28,38)32-10-14-13(34-37(40)31-7-8-41-37)9-15(33-14)25-11-21-16-17(25)22-20(24-19(16)27)23-18(26)12(3)4/h11-15H,5-10H2,1-4H3,(H,28,38)(H2,22,23,24,26,27)/t13-,14+,15+,35?,37?/m0/s1. The topological polar surface area (TPSA) is 168 Å². The second-order valence-electron chi connectivity index (χ2n) is 9.10. The fraction of sp³-hybridized carbons (Fsp3) is 0.700. The molecule has 0 aromatic carbocycles. The molecule has 2 saturated heterocycles. The number of aromatic amines is 1. The summed E-state index contributed by atoms with van der Waals surface area (Å²) in [4.78, 5) is 47.1. The van der Waals surface area contributed by atoms with Crippen LogP contribution in [0.1, 0.15) is 40.3 Å². The molecule has 0 spiro atoms. The lowest BCUT2D eigenvalue weighted by Gasteiger charge is -2.36. The summed E-state index contributed by atoms with van der Waals surface area (Å²) in [6.07, 6.45) is -0.405. The average molecular weight is 708 g/mol. The van der Waals surface area contributed by atoms with E-state index in [0.29, 0.717) is 12.4 Å². The van der Waals surface area contributed by atoms with Crippen LogP contribution in [0.25, 0.3) is 11.2 Å². The number of nitrogens with zero attached hydrogens (tertiary/aromatic N) is 3. The van der Waals surface area contributed by atoms with Gasteiger partial charge in [-0.05, 0) is 25.7 Å². The van der Waals surface area contributed by atoms with Gasteiger partial charge in [0.1, 0.15) is 18.9 Å². The number of H-pyrrole nitrogens is 1. The van der Waals surface area contributed by atoms with Crippen molar-refractivity contribution < 1.29 is 37.0 Å². The summed E-state index contributed by atoms with van der Waals surface area (Å²) in [6, 6.07) is 0. The molecule has 2 aliphatic rings. The van der Waals surface area contributed by atoms with Crippen molar-refractivity contribution >= 4 is 89.6 Å². The van der Waals surface area contributed by atoms with Crippen molar-refractivity contribution in [1.82, 2.24) is 19.5 Å². The van der Waals surface area contributed by atoms with Crippen molar-refractivity contribution in [3.8, 4) is 0 Å². The SMILES string of the molecule is CCO[P+]([S-])(OCC)[P+](O)([S-])OC[C@H]1O[C@@H](n2cnc3c(=O)[nH]c(NC(=O)C(C)C)nc32)C[C@@H]1OP1(=S)OCCS1. The lowest BCUT2D eigenvalue weighted by atomic mass is 10.2. The molecule has 230 valence electrons. The Morgan fingerprint density at radius 3 is 2.68 bits per heavy atom. The summed E-state index contributed by atoms with van der Waals surface area (Å²) < 4.78 is 36.9. The molecule has 0 aliphatic carbocycles. The molecule has 4 rings (SSSR count). The van der Waals surface area contributed by atoms with Crippen LogP contribution in [0, 0.1) is 5.92 Å². The first-order chi connectivity index (χ1) is 19.3. The normalized spacial score (nSPS) is 26.6. The molecule has 2 unspecified atom stereocenters. The maximum atomic E-state index is 12.7. The lowest BCUT2D eigenvalue weighted by molar-refractivity contribution is -0.118. The van der Waals surface area contributed by atoms with Gasteiger partial charge >= 0.3 is 13.2 Å². The highest BCUT2D eigenvalue weighted by molar-refractivity contribution is 8.85. The van der Waals surface area contributed by atoms with Crippen molar-refractivity contribution in [3.63, 3.8) is 0 Å². The third-order valence-electron chi connectivity index (χ3n) is 5.84. The molecule has 0 radical (unpaired) electrons. The monoisotopic (exact) mass is 707 g/mol. The molecule has 3 N–H and O–H groups in total. The Labute approximate surface area is 257 Å². The Hall–Kier alpha value is 0.1000. The number of amides is 1. The van der Waals surface area contributed by atoms with E-state index < -0.39 is 42.9 Å². The molecular weight excluding hydrogens is 675 g/mol. The highest BCUT2D eigenvalue weighted by Gasteiger charge is 2.54. The van der Waals surface area contributed by atoms with E-state index in [2.05, 4.69) is 20.3 Å². The Morgan fingerprint density at radius 2 is 2.07 bits per heavy atom. The molecule has 5 atom stereocenters. The fourth-order valence-electron chi connectivity index (χ4n) is 3.90. The number of hydrogen-bond acceptors (Lipinski definition) is 15. The second kappa shape index (κ2) is 14.0. The zero-order valence-electron chi connectivity index (χ0n) is 22.7. The number of imidazole rings is 1. The zero-order chi connectivity index (χ0) is 30.0. The van der Waals surface area contributed by atoms with Crippen LogP contribution >= 0.6 is 30.3 Å². The zero-order valence-corrected chi connectivity index (χ0v) is 28.6. The number of rotatable bonds is 13. The Bertz CT molecular complexity index is 1330. The Morgan fingerprint density at radius 1 is 1.37 bits per heavy atom. The maximum Gasteiger partial charge on any atom is 0.314 e. The molecule has 14 nitrogen and oxygen atoms in total. The van der Waals surface area contributed by atoms with Crippen molar-refractivity contribution in [2.75, 3.05) is 37.5 Å². The Balaban J connectivity index is 1.60. The predicted octanol–water partition coefficient (Wildman–Crippen LogP) is 3.99. The van der Waals surface area contributed by atoms with Crippen LogP contribution in [0.5, 0.6) is 0 Å². The summed E-state index contributed by atoms with van der Waals surface area (Å²) in [5, 5.41) is 2.60. The second-order valence-corrected chi connectivity index (χ2v) is 25.9. The molecule has 2 aliphatic heterocycles. The van der Waals surface area contributed by atoms with Crippen LogP contribution in [0.15, 0.2) is 11.1 Å². The highest BCUT2D eigenvalue weighted by Crippen LogP contribution is 2.93. The first-order valence-electron chi connectivity index (χ1n) is 12.7. The molecule has 21 heteroatoms. The van der Waals surface area contributed by atoms with E-state index >= 15 is 0 Å². The van der Waals surface area contributed by atoms with Gasteiger partial charge in [0.25, 0.3) is 5.56 Å². The lowest BCUT2D eigenvalue weighted by Crippen LogP contribution is -2.28. The summed E-state index contributed by atoms with van der Waals surface area (Å²) in [5.41, 5.74) is -2.90. The molecule has 0 saturated carbocycles. The summed E-state index contributed by atoms with van der Waals surface area (Å²) in [5.74, 6) is 0.0607. The number of fused-ring (bicyclic) bond motifs is 1. The van der Waals surface area contributed by atoms with Gasteiger partial charge in [-0.15, -0.1) is 0 Å². The van der Waals surface area contributed by atoms with E-state index in [1.165, 1.54) is 17.7 Å². The van der Waals surface area contributed by atoms with E-state index in [4.69, 9.17) is 63.7 Å². The smallest absolute Gasteiger partial charge is 0.314 e. The van der Waals surface area contributed by atoms with Crippen LogP contribution in [0.2, 0.25) is 0 Å².